The minimum atomic E-state index is -1.22. The van der Waals surface area contributed by atoms with Crippen molar-refractivity contribution < 1.29 is 24.3 Å². The molecule has 0 radical (unpaired) electrons. The number of hydrogen-bond donors (Lipinski definition) is 8. The first-order valence-corrected chi connectivity index (χ1v) is 13.7. The lowest BCUT2D eigenvalue weighted by molar-refractivity contribution is -0.141. The van der Waals surface area contributed by atoms with Crippen LogP contribution in [0.2, 0.25) is 0 Å². The summed E-state index contributed by atoms with van der Waals surface area (Å²) in [4.78, 5) is 63.9. The molecule has 3 aromatic heterocycles. The zero-order valence-corrected chi connectivity index (χ0v) is 23.1. The number of H-pyrrole nitrogens is 3. The molecule has 5 rings (SSSR count). The van der Waals surface area contributed by atoms with Crippen LogP contribution in [0.1, 0.15) is 16.8 Å². The minimum Gasteiger partial charge on any atom is -0.480 e. The number of nitrogens with zero attached hydrogens (tertiary/aromatic N) is 1. The molecule has 2 aromatic carbocycles. The van der Waals surface area contributed by atoms with E-state index >= 15 is 0 Å². The summed E-state index contributed by atoms with van der Waals surface area (Å²) in [7, 11) is 0. The van der Waals surface area contributed by atoms with E-state index in [1.165, 1.54) is 12.5 Å². The van der Waals surface area contributed by atoms with Gasteiger partial charge >= 0.3 is 5.97 Å². The fraction of sp³-hybridized carbons (Fsp3) is 0.233. The number of carbonyl (C=O) groups excluding carboxylic acids is 3. The number of aromatic amines is 3. The Labute approximate surface area is 245 Å². The highest BCUT2D eigenvalue weighted by Gasteiger charge is 2.27. The average molecular weight is 585 g/mol. The molecule has 0 aliphatic rings. The van der Waals surface area contributed by atoms with Gasteiger partial charge in [-0.1, -0.05) is 36.4 Å². The normalized spacial score (nSPS) is 13.3. The third-order valence-electron chi connectivity index (χ3n) is 7.22. The smallest absolute Gasteiger partial charge is 0.326 e. The quantitative estimate of drug-likeness (QED) is 0.100. The maximum absolute atomic E-state index is 13.1. The van der Waals surface area contributed by atoms with Crippen LogP contribution in [0.15, 0.2) is 73.4 Å². The molecule has 3 amide bonds. The summed E-state index contributed by atoms with van der Waals surface area (Å²) in [6.45, 7) is -0.493. The number of hydrogen-bond acceptors (Lipinski definition) is 6. The van der Waals surface area contributed by atoms with E-state index in [4.69, 9.17) is 5.73 Å². The van der Waals surface area contributed by atoms with Crippen LogP contribution < -0.4 is 21.7 Å². The van der Waals surface area contributed by atoms with Gasteiger partial charge in [0.15, 0.2) is 0 Å². The van der Waals surface area contributed by atoms with Gasteiger partial charge in [0, 0.05) is 58.9 Å². The predicted molar refractivity (Wildman–Crippen MR) is 159 cm³/mol. The van der Waals surface area contributed by atoms with E-state index in [9.17, 15) is 24.3 Å². The van der Waals surface area contributed by atoms with E-state index in [1.807, 2.05) is 48.5 Å². The van der Waals surface area contributed by atoms with Gasteiger partial charge in [0.25, 0.3) is 0 Å². The fourth-order valence-electron chi connectivity index (χ4n) is 4.99. The number of imidazole rings is 1. The number of carboxylic acids is 1. The molecule has 0 bridgehead atoms. The first-order chi connectivity index (χ1) is 20.8. The van der Waals surface area contributed by atoms with Crippen LogP contribution in [-0.4, -0.2) is 73.4 Å². The molecular weight excluding hydrogens is 552 g/mol. The zero-order valence-electron chi connectivity index (χ0n) is 23.1. The number of carbonyl (C=O) groups is 4. The zero-order chi connectivity index (χ0) is 30.3. The Hall–Kier alpha value is -5.43. The Morgan fingerprint density at radius 3 is 2.02 bits per heavy atom. The molecule has 43 heavy (non-hydrogen) atoms. The van der Waals surface area contributed by atoms with E-state index in [2.05, 4.69) is 35.9 Å². The number of nitrogens with two attached hydrogens (primary N) is 1. The van der Waals surface area contributed by atoms with Crippen molar-refractivity contribution in [3.8, 4) is 0 Å². The molecule has 3 heterocycles. The van der Waals surface area contributed by atoms with Crippen LogP contribution in [0.25, 0.3) is 21.8 Å². The number of aromatic nitrogens is 4. The van der Waals surface area contributed by atoms with Crippen LogP contribution in [0.3, 0.4) is 0 Å². The molecule has 0 fully saturated rings. The molecule has 5 aromatic rings. The number of benzene rings is 2. The molecule has 13 nitrogen and oxygen atoms in total. The molecule has 0 saturated carbocycles. The first-order valence-electron chi connectivity index (χ1n) is 13.7. The van der Waals surface area contributed by atoms with Crippen LogP contribution in [-0.2, 0) is 38.4 Å². The summed E-state index contributed by atoms with van der Waals surface area (Å²) in [6, 6.07) is 11.9. The Morgan fingerprint density at radius 1 is 0.791 bits per heavy atom. The Bertz CT molecular complexity index is 1740. The van der Waals surface area contributed by atoms with Crippen LogP contribution >= 0.6 is 0 Å². The van der Waals surface area contributed by atoms with Gasteiger partial charge in [-0.3, -0.25) is 14.4 Å². The van der Waals surface area contributed by atoms with E-state index in [0.717, 1.165) is 32.9 Å². The monoisotopic (exact) mass is 584 g/mol. The molecule has 0 aliphatic carbocycles. The summed E-state index contributed by atoms with van der Waals surface area (Å²) in [5.41, 5.74) is 10.2. The van der Waals surface area contributed by atoms with Crippen molar-refractivity contribution in [1.29, 1.82) is 0 Å². The lowest BCUT2D eigenvalue weighted by Gasteiger charge is -2.21. The van der Waals surface area contributed by atoms with Gasteiger partial charge in [-0.25, -0.2) is 9.78 Å². The van der Waals surface area contributed by atoms with E-state index in [1.54, 1.807) is 12.4 Å². The molecule has 13 heteroatoms. The van der Waals surface area contributed by atoms with Crippen LogP contribution in [0, 0.1) is 0 Å². The van der Waals surface area contributed by atoms with Crippen molar-refractivity contribution >= 4 is 45.5 Å². The van der Waals surface area contributed by atoms with Crippen molar-refractivity contribution in [2.75, 3.05) is 6.54 Å². The van der Waals surface area contributed by atoms with Gasteiger partial charge in [-0.05, 0) is 29.7 Å². The molecule has 0 saturated heterocycles. The highest BCUT2D eigenvalue weighted by molar-refractivity contribution is 5.93. The molecule has 3 atom stereocenters. The minimum absolute atomic E-state index is 0.0475. The van der Waals surface area contributed by atoms with Crippen molar-refractivity contribution in [1.82, 2.24) is 35.9 Å². The van der Waals surface area contributed by atoms with Crippen LogP contribution in [0.5, 0.6) is 0 Å². The summed E-state index contributed by atoms with van der Waals surface area (Å²) in [6.07, 6.45) is 6.83. The Kier molecular flexibility index (Phi) is 8.82. The SMILES string of the molecule is NC(Cc1c[nH]c2ccccc12)C(=O)NC(Cc1cnc[nH]1)C(=O)NCC(=O)NC(Cc1c[nH]c2ccccc12)C(=O)O. The first kappa shape index (κ1) is 29.1. The van der Waals surface area contributed by atoms with Gasteiger partial charge in [-0.15, -0.1) is 0 Å². The maximum atomic E-state index is 13.1. The number of para-hydroxylation sites is 2. The highest BCUT2D eigenvalue weighted by atomic mass is 16.4. The van der Waals surface area contributed by atoms with Crippen molar-refractivity contribution in [3.63, 3.8) is 0 Å². The maximum Gasteiger partial charge on any atom is 0.326 e. The molecule has 3 unspecified atom stereocenters. The van der Waals surface area contributed by atoms with Gasteiger partial charge in [0.05, 0.1) is 18.9 Å². The predicted octanol–water partition coefficient (Wildman–Crippen LogP) is 0.898. The van der Waals surface area contributed by atoms with E-state index in [-0.39, 0.29) is 19.3 Å². The number of rotatable bonds is 13. The second-order valence-electron chi connectivity index (χ2n) is 10.3. The van der Waals surface area contributed by atoms with Crippen molar-refractivity contribution in [3.05, 3.63) is 90.3 Å². The number of aliphatic carboxylic acids is 1. The molecule has 222 valence electrons. The third-order valence-corrected chi connectivity index (χ3v) is 7.22. The van der Waals surface area contributed by atoms with Gasteiger partial charge in [0.1, 0.15) is 12.1 Å². The van der Waals surface area contributed by atoms with E-state index in [0.29, 0.717) is 5.69 Å². The lowest BCUT2D eigenvalue weighted by Crippen LogP contribution is -2.54. The second-order valence-corrected chi connectivity index (χ2v) is 10.3. The number of carboxylic acid groups (broad SMARTS) is 1. The lowest BCUT2D eigenvalue weighted by atomic mass is 10.0. The van der Waals surface area contributed by atoms with Gasteiger partial charge in [-0.2, -0.15) is 0 Å². The molecule has 0 spiro atoms. The summed E-state index contributed by atoms with van der Waals surface area (Å²) in [5, 5.41) is 19.2. The Balaban J connectivity index is 1.19. The largest absolute Gasteiger partial charge is 0.480 e. The number of amides is 3. The molecule has 0 aliphatic heterocycles. The molecular formula is C30H32N8O5. The number of fused-ring (bicyclic) bond motifs is 2. The summed E-state index contributed by atoms with van der Waals surface area (Å²) in [5.74, 6) is -3.08. The highest BCUT2D eigenvalue weighted by Crippen LogP contribution is 2.20. The fourth-order valence-corrected chi connectivity index (χ4v) is 4.99. The van der Waals surface area contributed by atoms with Crippen molar-refractivity contribution in [2.24, 2.45) is 5.73 Å². The summed E-state index contributed by atoms with van der Waals surface area (Å²) >= 11 is 0. The number of nitrogens with one attached hydrogen (secondary N) is 6. The second kappa shape index (κ2) is 13.0. The molecule has 9 N–H and O–H groups in total. The Morgan fingerprint density at radius 2 is 1.42 bits per heavy atom. The average Bonchev–Trinajstić information content (AvgIpc) is 3.76. The van der Waals surface area contributed by atoms with E-state index < -0.39 is 48.4 Å². The van der Waals surface area contributed by atoms with Crippen LogP contribution in [0.4, 0.5) is 0 Å². The standard InChI is InChI=1S/C30H32N8O5/c31-22(9-17-12-33-23-7-3-1-5-20(17)23)28(40)38-25(11-19-14-32-16-36-19)29(41)35-15-27(39)37-26(30(42)43)10-18-13-34-24-8-4-2-6-21(18)24/h1-8,12-14,16,22,25-26,33-34H,9-11,15,31H2,(H,32,36)(H,35,41)(H,37,39)(H,38,40)(H,42,43). The van der Waals surface area contributed by atoms with Gasteiger partial charge < -0.3 is 41.7 Å². The van der Waals surface area contributed by atoms with Crippen molar-refractivity contribution in [2.45, 2.75) is 37.4 Å². The summed E-state index contributed by atoms with van der Waals surface area (Å²) < 4.78 is 0. The topological polar surface area (TPSA) is 211 Å². The van der Waals surface area contributed by atoms with Gasteiger partial charge in [0.2, 0.25) is 17.7 Å². The third kappa shape index (κ3) is 7.08.